The van der Waals surface area contributed by atoms with E-state index in [0.29, 0.717) is 17.0 Å². The van der Waals surface area contributed by atoms with Crippen LogP contribution >= 0.6 is 0 Å². The summed E-state index contributed by atoms with van der Waals surface area (Å²) in [6.45, 7) is 0.275. The van der Waals surface area contributed by atoms with E-state index < -0.39 is 0 Å². The van der Waals surface area contributed by atoms with Crippen molar-refractivity contribution in [1.82, 2.24) is 9.97 Å². The van der Waals surface area contributed by atoms with Crippen LogP contribution in [0.3, 0.4) is 0 Å². The standard InChI is InChI=1S/C18H14FN5O/c19-13-4-6-14(7-5-13)25-10-11-2-1-3-12(8-11)16-15(9-20)17(21)24-18(22)23-16/h1-8H,10H2,(H4,21,22,23,24). The van der Waals surface area contributed by atoms with E-state index in [-0.39, 0.29) is 29.8 Å². The molecule has 0 radical (unpaired) electrons. The summed E-state index contributed by atoms with van der Waals surface area (Å²) in [5.41, 5.74) is 13.5. The van der Waals surface area contributed by atoms with E-state index in [0.717, 1.165) is 5.56 Å². The first kappa shape index (κ1) is 16.2. The number of anilines is 2. The van der Waals surface area contributed by atoms with E-state index in [1.807, 2.05) is 24.3 Å². The number of hydrogen-bond donors (Lipinski definition) is 2. The van der Waals surface area contributed by atoms with Gasteiger partial charge in [0.05, 0.1) is 5.69 Å². The second kappa shape index (κ2) is 6.84. The lowest BCUT2D eigenvalue weighted by atomic mass is 10.0. The SMILES string of the molecule is N#Cc1c(N)nc(N)nc1-c1cccc(COc2ccc(F)cc2)c1. The van der Waals surface area contributed by atoms with Crippen LogP contribution in [0.4, 0.5) is 16.2 Å². The van der Waals surface area contributed by atoms with E-state index >= 15 is 0 Å². The molecule has 0 unspecified atom stereocenters. The van der Waals surface area contributed by atoms with Gasteiger partial charge in [0.25, 0.3) is 0 Å². The van der Waals surface area contributed by atoms with Crippen molar-refractivity contribution in [2.75, 3.05) is 11.5 Å². The van der Waals surface area contributed by atoms with Crippen LogP contribution in [-0.2, 0) is 6.61 Å². The van der Waals surface area contributed by atoms with Crippen molar-refractivity contribution in [2.24, 2.45) is 0 Å². The van der Waals surface area contributed by atoms with Gasteiger partial charge in [0.1, 0.15) is 35.6 Å². The topological polar surface area (TPSA) is 111 Å². The summed E-state index contributed by atoms with van der Waals surface area (Å²) in [6.07, 6.45) is 0. The lowest BCUT2D eigenvalue weighted by Crippen LogP contribution is -2.05. The third-order valence-corrected chi connectivity index (χ3v) is 3.49. The largest absolute Gasteiger partial charge is 0.489 e. The van der Waals surface area contributed by atoms with E-state index in [1.165, 1.54) is 12.1 Å². The zero-order valence-electron chi connectivity index (χ0n) is 13.1. The van der Waals surface area contributed by atoms with Crippen molar-refractivity contribution in [2.45, 2.75) is 6.61 Å². The Hall–Kier alpha value is -3.66. The van der Waals surface area contributed by atoms with Crippen LogP contribution in [0.15, 0.2) is 48.5 Å². The number of hydrogen-bond acceptors (Lipinski definition) is 6. The maximum Gasteiger partial charge on any atom is 0.222 e. The van der Waals surface area contributed by atoms with Gasteiger partial charge in [0, 0.05) is 5.56 Å². The Morgan fingerprint density at radius 1 is 1.08 bits per heavy atom. The monoisotopic (exact) mass is 335 g/mol. The molecular formula is C18H14FN5O. The molecule has 0 aliphatic carbocycles. The highest BCUT2D eigenvalue weighted by molar-refractivity contribution is 5.73. The average molecular weight is 335 g/mol. The quantitative estimate of drug-likeness (QED) is 0.758. The molecule has 0 aliphatic rings. The van der Waals surface area contributed by atoms with Gasteiger partial charge in [-0.15, -0.1) is 0 Å². The fourth-order valence-electron chi connectivity index (χ4n) is 2.32. The highest BCUT2D eigenvalue weighted by Gasteiger charge is 2.13. The lowest BCUT2D eigenvalue weighted by molar-refractivity contribution is 0.306. The number of nitriles is 1. The second-order valence-electron chi connectivity index (χ2n) is 5.25. The van der Waals surface area contributed by atoms with E-state index in [4.69, 9.17) is 16.2 Å². The van der Waals surface area contributed by atoms with Crippen LogP contribution in [0.25, 0.3) is 11.3 Å². The molecule has 0 saturated carbocycles. The van der Waals surface area contributed by atoms with Gasteiger partial charge in [-0.1, -0.05) is 18.2 Å². The average Bonchev–Trinajstić information content (AvgIpc) is 2.61. The molecule has 0 fully saturated rings. The third-order valence-electron chi connectivity index (χ3n) is 3.49. The molecule has 3 rings (SSSR count). The van der Waals surface area contributed by atoms with Crippen LogP contribution in [-0.4, -0.2) is 9.97 Å². The van der Waals surface area contributed by atoms with Crippen LogP contribution in [0, 0.1) is 17.1 Å². The highest BCUT2D eigenvalue weighted by Crippen LogP contribution is 2.26. The Morgan fingerprint density at radius 2 is 1.84 bits per heavy atom. The molecule has 0 spiro atoms. The van der Waals surface area contributed by atoms with Crippen molar-refractivity contribution >= 4 is 11.8 Å². The first-order valence-corrected chi connectivity index (χ1v) is 7.37. The Morgan fingerprint density at radius 3 is 2.56 bits per heavy atom. The van der Waals surface area contributed by atoms with Gasteiger partial charge in [-0.2, -0.15) is 10.2 Å². The number of rotatable bonds is 4. The molecule has 0 aliphatic heterocycles. The molecule has 124 valence electrons. The van der Waals surface area contributed by atoms with Gasteiger partial charge >= 0.3 is 0 Å². The fourth-order valence-corrected chi connectivity index (χ4v) is 2.32. The molecule has 0 bridgehead atoms. The van der Waals surface area contributed by atoms with Crippen LogP contribution in [0.5, 0.6) is 5.75 Å². The Bertz CT molecular complexity index is 951. The maximum atomic E-state index is 12.9. The summed E-state index contributed by atoms with van der Waals surface area (Å²) in [4.78, 5) is 7.93. The number of halogens is 1. The molecule has 1 aromatic heterocycles. The van der Waals surface area contributed by atoms with Gasteiger partial charge in [-0.3, -0.25) is 0 Å². The Balaban J connectivity index is 1.87. The molecular weight excluding hydrogens is 321 g/mol. The number of ether oxygens (including phenoxy) is 1. The Labute approximate surface area is 143 Å². The van der Waals surface area contributed by atoms with Crippen molar-refractivity contribution in [1.29, 1.82) is 5.26 Å². The molecule has 0 saturated heterocycles. The first-order valence-electron chi connectivity index (χ1n) is 7.37. The number of nitrogens with zero attached hydrogens (tertiary/aromatic N) is 3. The van der Waals surface area contributed by atoms with Crippen molar-refractivity contribution in [3.63, 3.8) is 0 Å². The van der Waals surface area contributed by atoms with E-state index in [1.54, 1.807) is 18.2 Å². The Kier molecular flexibility index (Phi) is 4.44. The fraction of sp³-hybridized carbons (Fsp3) is 0.0556. The summed E-state index contributed by atoms with van der Waals surface area (Å²) in [5, 5.41) is 9.29. The normalized spacial score (nSPS) is 10.2. The predicted molar refractivity (Wildman–Crippen MR) is 91.7 cm³/mol. The number of nitrogen functional groups attached to an aromatic ring is 2. The minimum Gasteiger partial charge on any atom is -0.489 e. The number of aromatic nitrogens is 2. The summed E-state index contributed by atoms with van der Waals surface area (Å²) in [6, 6.07) is 15.1. The summed E-state index contributed by atoms with van der Waals surface area (Å²) >= 11 is 0. The molecule has 7 heteroatoms. The molecule has 2 aromatic carbocycles. The molecule has 25 heavy (non-hydrogen) atoms. The van der Waals surface area contributed by atoms with Crippen LogP contribution in [0.1, 0.15) is 11.1 Å². The van der Waals surface area contributed by atoms with Gasteiger partial charge in [-0.05, 0) is 35.9 Å². The van der Waals surface area contributed by atoms with Crippen molar-refractivity contribution in [3.05, 3.63) is 65.5 Å². The zero-order chi connectivity index (χ0) is 17.8. The van der Waals surface area contributed by atoms with Crippen molar-refractivity contribution < 1.29 is 9.13 Å². The van der Waals surface area contributed by atoms with E-state index in [9.17, 15) is 9.65 Å². The molecule has 6 nitrogen and oxygen atoms in total. The predicted octanol–water partition coefficient (Wildman–Crippen LogP) is 2.90. The molecule has 0 atom stereocenters. The zero-order valence-corrected chi connectivity index (χ0v) is 13.1. The van der Waals surface area contributed by atoms with Crippen molar-refractivity contribution in [3.8, 4) is 23.1 Å². The summed E-state index contributed by atoms with van der Waals surface area (Å²) in [5.74, 6) is 0.273. The summed E-state index contributed by atoms with van der Waals surface area (Å²) < 4.78 is 18.5. The molecule has 4 N–H and O–H groups in total. The number of benzene rings is 2. The molecule has 3 aromatic rings. The highest BCUT2D eigenvalue weighted by atomic mass is 19.1. The molecule has 1 heterocycles. The molecule has 0 amide bonds. The van der Waals surface area contributed by atoms with Crippen LogP contribution < -0.4 is 16.2 Å². The van der Waals surface area contributed by atoms with E-state index in [2.05, 4.69) is 9.97 Å². The van der Waals surface area contributed by atoms with Gasteiger partial charge < -0.3 is 16.2 Å². The summed E-state index contributed by atoms with van der Waals surface area (Å²) in [7, 11) is 0. The first-order chi connectivity index (χ1) is 12.1. The minimum absolute atomic E-state index is 0.000495. The maximum absolute atomic E-state index is 12.9. The lowest BCUT2D eigenvalue weighted by Gasteiger charge is -2.10. The minimum atomic E-state index is -0.322. The van der Waals surface area contributed by atoms with Gasteiger partial charge in [0.2, 0.25) is 5.95 Å². The van der Waals surface area contributed by atoms with Gasteiger partial charge in [0.15, 0.2) is 0 Å². The smallest absolute Gasteiger partial charge is 0.222 e. The number of nitrogens with two attached hydrogens (primary N) is 2. The third kappa shape index (κ3) is 3.64. The second-order valence-corrected chi connectivity index (χ2v) is 5.25. The van der Waals surface area contributed by atoms with Gasteiger partial charge in [-0.25, -0.2) is 9.37 Å². The van der Waals surface area contributed by atoms with Crippen LogP contribution in [0.2, 0.25) is 0 Å².